The summed E-state index contributed by atoms with van der Waals surface area (Å²) in [5, 5.41) is 8.11. The molecule has 0 N–H and O–H groups in total. The van der Waals surface area contributed by atoms with Gasteiger partial charge in [0.05, 0.1) is 0 Å². The molecule has 0 radical (unpaired) electrons. The summed E-state index contributed by atoms with van der Waals surface area (Å²) in [4.78, 5) is 0. The summed E-state index contributed by atoms with van der Waals surface area (Å²) in [6.45, 7) is 13.9. The Morgan fingerprint density at radius 1 is 0.438 bits per heavy atom. The van der Waals surface area contributed by atoms with Crippen LogP contribution in [0.1, 0.15) is 56.9 Å². The van der Waals surface area contributed by atoms with Crippen LogP contribution in [0, 0.1) is 6.92 Å². The molecule has 0 nitrogen and oxygen atoms in total. The van der Waals surface area contributed by atoms with E-state index in [1.54, 1.807) is 0 Å². The van der Waals surface area contributed by atoms with Crippen LogP contribution >= 0.6 is 0 Å². The topological polar surface area (TPSA) is 0 Å². The molecular formula is C48H40. The van der Waals surface area contributed by atoms with Gasteiger partial charge in [-0.25, -0.2) is 0 Å². The SMILES string of the molecule is Cc1cc(-c2ccc(-c3cccc(-c4ccc5c(c4)C(C)(C)c4ccccc4-5)c3)cc2)c2ccc3cc(C(C)(C)C)cc4ccc1c2c43. The molecule has 0 amide bonds. The minimum absolute atomic E-state index is 0.00572. The molecule has 0 heteroatoms. The molecule has 0 aromatic heterocycles. The zero-order chi connectivity index (χ0) is 32.9. The summed E-state index contributed by atoms with van der Waals surface area (Å²) in [7, 11) is 0. The van der Waals surface area contributed by atoms with E-state index in [1.165, 1.54) is 99.1 Å². The van der Waals surface area contributed by atoms with Crippen molar-refractivity contribution in [1.29, 1.82) is 0 Å². The van der Waals surface area contributed by atoms with Crippen LogP contribution in [0.4, 0.5) is 0 Å². The van der Waals surface area contributed by atoms with E-state index in [4.69, 9.17) is 0 Å². The first-order valence-electron chi connectivity index (χ1n) is 17.3. The van der Waals surface area contributed by atoms with E-state index in [2.05, 4.69) is 175 Å². The average Bonchev–Trinajstić information content (AvgIpc) is 3.33. The molecule has 0 saturated carbocycles. The van der Waals surface area contributed by atoms with Gasteiger partial charge in [0.15, 0.2) is 0 Å². The Kier molecular flexibility index (Phi) is 6.13. The van der Waals surface area contributed by atoms with Crippen molar-refractivity contribution in [2.45, 2.75) is 52.4 Å². The number of hydrogen-bond donors (Lipinski definition) is 0. The molecule has 0 atom stereocenters. The summed E-state index contributed by atoms with van der Waals surface area (Å²) in [6, 6.07) is 50.6. The number of hydrogen-bond acceptors (Lipinski definition) is 0. The van der Waals surface area contributed by atoms with E-state index in [0.29, 0.717) is 0 Å². The van der Waals surface area contributed by atoms with Gasteiger partial charge in [0.2, 0.25) is 0 Å². The van der Waals surface area contributed by atoms with Crippen molar-refractivity contribution in [2.75, 3.05) is 0 Å². The molecule has 8 aromatic carbocycles. The Balaban J connectivity index is 1.10. The maximum atomic E-state index is 2.41. The third kappa shape index (κ3) is 4.29. The maximum Gasteiger partial charge on any atom is 0.0159 e. The van der Waals surface area contributed by atoms with E-state index in [9.17, 15) is 0 Å². The van der Waals surface area contributed by atoms with Crippen molar-refractivity contribution >= 4 is 32.3 Å². The molecule has 9 rings (SSSR count). The van der Waals surface area contributed by atoms with Crippen LogP contribution in [-0.4, -0.2) is 0 Å². The second-order valence-corrected chi connectivity index (χ2v) is 15.5. The van der Waals surface area contributed by atoms with Gasteiger partial charge in [-0.05, 0) is 124 Å². The van der Waals surface area contributed by atoms with E-state index >= 15 is 0 Å². The Morgan fingerprint density at radius 2 is 1.04 bits per heavy atom. The van der Waals surface area contributed by atoms with Gasteiger partial charge in [-0.15, -0.1) is 0 Å². The summed E-state index contributed by atoms with van der Waals surface area (Å²) >= 11 is 0. The van der Waals surface area contributed by atoms with E-state index in [-0.39, 0.29) is 10.8 Å². The highest BCUT2D eigenvalue weighted by atomic mass is 14.4. The molecular weight excluding hydrogens is 577 g/mol. The quantitative estimate of drug-likeness (QED) is 0.173. The molecule has 0 saturated heterocycles. The second kappa shape index (κ2) is 10.1. The minimum atomic E-state index is -0.00572. The first kappa shape index (κ1) is 29.0. The second-order valence-electron chi connectivity index (χ2n) is 15.5. The fourth-order valence-electron chi connectivity index (χ4n) is 8.37. The van der Waals surface area contributed by atoms with Crippen molar-refractivity contribution in [3.05, 3.63) is 156 Å². The van der Waals surface area contributed by atoms with Crippen LogP contribution in [0.5, 0.6) is 0 Å². The smallest absolute Gasteiger partial charge is 0.0159 e. The van der Waals surface area contributed by atoms with E-state index in [0.717, 1.165) is 0 Å². The Hall–Kier alpha value is -5.20. The lowest BCUT2D eigenvalue weighted by molar-refractivity contribution is 0.591. The highest BCUT2D eigenvalue weighted by Gasteiger charge is 2.35. The molecule has 48 heavy (non-hydrogen) atoms. The van der Waals surface area contributed by atoms with Crippen LogP contribution in [-0.2, 0) is 10.8 Å². The zero-order valence-corrected chi connectivity index (χ0v) is 28.7. The molecule has 8 aromatic rings. The van der Waals surface area contributed by atoms with Gasteiger partial charge in [-0.1, -0.05) is 156 Å². The Morgan fingerprint density at radius 3 is 1.77 bits per heavy atom. The van der Waals surface area contributed by atoms with Crippen LogP contribution in [0.3, 0.4) is 0 Å². The summed E-state index contributed by atoms with van der Waals surface area (Å²) < 4.78 is 0. The highest BCUT2D eigenvalue weighted by Crippen LogP contribution is 2.49. The number of fused-ring (bicyclic) bond motifs is 3. The van der Waals surface area contributed by atoms with Crippen molar-refractivity contribution < 1.29 is 0 Å². The fraction of sp³-hybridized carbons (Fsp3) is 0.167. The van der Waals surface area contributed by atoms with Gasteiger partial charge in [0, 0.05) is 5.41 Å². The van der Waals surface area contributed by atoms with Crippen molar-refractivity contribution in [2.24, 2.45) is 0 Å². The highest BCUT2D eigenvalue weighted by molar-refractivity contribution is 6.26. The molecule has 0 spiro atoms. The zero-order valence-electron chi connectivity index (χ0n) is 28.7. The predicted molar refractivity (Wildman–Crippen MR) is 207 cm³/mol. The van der Waals surface area contributed by atoms with Crippen LogP contribution < -0.4 is 0 Å². The van der Waals surface area contributed by atoms with E-state index in [1.807, 2.05) is 0 Å². The summed E-state index contributed by atoms with van der Waals surface area (Å²) in [5.74, 6) is 0. The minimum Gasteiger partial charge on any atom is -0.0619 e. The maximum absolute atomic E-state index is 2.41. The molecule has 232 valence electrons. The molecule has 0 bridgehead atoms. The van der Waals surface area contributed by atoms with Gasteiger partial charge in [-0.2, -0.15) is 0 Å². The van der Waals surface area contributed by atoms with Crippen LogP contribution in [0.15, 0.2) is 133 Å². The van der Waals surface area contributed by atoms with Gasteiger partial charge in [0.25, 0.3) is 0 Å². The molecule has 0 fully saturated rings. The lowest BCUT2D eigenvalue weighted by Crippen LogP contribution is -2.14. The largest absolute Gasteiger partial charge is 0.0619 e. The molecule has 0 aliphatic heterocycles. The monoisotopic (exact) mass is 616 g/mol. The fourth-order valence-corrected chi connectivity index (χ4v) is 8.37. The summed E-state index contributed by atoms with van der Waals surface area (Å²) in [5.41, 5.74) is 15.9. The third-order valence-corrected chi connectivity index (χ3v) is 11.1. The third-order valence-electron chi connectivity index (χ3n) is 11.1. The van der Waals surface area contributed by atoms with Crippen LogP contribution in [0.25, 0.3) is 76.8 Å². The van der Waals surface area contributed by atoms with Gasteiger partial charge < -0.3 is 0 Å². The molecule has 1 aliphatic rings. The Labute approximate surface area is 284 Å². The first-order chi connectivity index (χ1) is 23.1. The average molecular weight is 617 g/mol. The molecule has 1 aliphatic carbocycles. The van der Waals surface area contributed by atoms with Gasteiger partial charge in [-0.3, -0.25) is 0 Å². The number of rotatable bonds is 3. The number of aryl methyl sites for hydroxylation is 1. The summed E-state index contributed by atoms with van der Waals surface area (Å²) in [6.07, 6.45) is 0. The lowest BCUT2D eigenvalue weighted by atomic mass is 9.81. The van der Waals surface area contributed by atoms with Gasteiger partial charge >= 0.3 is 0 Å². The molecule has 0 heterocycles. The van der Waals surface area contributed by atoms with Crippen molar-refractivity contribution in [1.82, 2.24) is 0 Å². The standard InChI is InChI=1S/C48H40/c1-29-24-42(41-23-20-36-27-37(47(2,3)4)26-35-19-21-38(29)46(41)45(35)36)31-16-14-30(15-17-31)32-10-9-11-33(25-32)34-18-22-40-39-12-7-8-13-43(39)48(5,6)44(40)28-34/h7-28H,1-6H3. The number of benzene rings is 8. The van der Waals surface area contributed by atoms with E-state index < -0.39 is 0 Å². The normalized spacial score (nSPS) is 13.8. The van der Waals surface area contributed by atoms with Crippen LogP contribution in [0.2, 0.25) is 0 Å². The first-order valence-corrected chi connectivity index (χ1v) is 17.3. The van der Waals surface area contributed by atoms with Crippen molar-refractivity contribution in [3.63, 3.8) is 0 Å². The van der Waals surface area contributed by atoms with Gasteiger partial charge in [0.1, 0.15) is 0 Å². The van der Waals surface area contributed by atoms with Crippen molar-refractivity contribution in [3.8, 4) is 44.5 Å². The molecule has 0 unspecified atom stereocenters. The predicted octanol–water partition coefficient (Wildman–Crippen LogP) is 13.5. The Bertz CT molecular complexity index is 2530. The lowest BCUT2D eigenvalue weighted by Gasteiger charge is -2.22.